The molecule has 1 aromatic heterocycles. The number of nitrogen functional groups attached to an aromatic ring is 1. The van der Waals surface area contributed by atoms with Crippen LogP contribution >= 0.6 is 0 Å². The van der Waals surface area contributed by atoms with Crippen LogP contribution in [0, 0.1) is 22.7 Å². The molecule has 4 heteroatoms. The Morgan fingerprint density at radius 3 is 2.75 bits per heavy atom. The molecule has 1 unspecified atom stereocenters. The Kier molecular flexibility index (Phi) is 2.42. The van der Waals surface area contributed by atoms with Gasteiger partial charge in [0.1, 0.15) is 11.9 Å². The van der Waals surface area contributed by atoms with E-state index in [2.05, 4.69) is 31.8 Å². The van der Waals surface area contributed by atoms with Crippen LogP contribution in [0.2, 0.25) is 0 Å². The lowest BCUT2D eigenvalue weighted by Gasteiger charge is -2.34. The first-order valence-corrected chi connectivity index (χ1v) is 5.68. The summed E-state index contributed by atoms with van der Waals surface area (Å²) in [6.45, 7) is 7.63. The van der Waals surface area contributed by atoms with Gasteiger partial charge >= 0.3 is 0 Å². The number of nitriles is 1. The highest BCUT2D eigenvalue weighted by Gasteiger charge is 2.31. The van der Waals surface area contributed by atoms with Gasteiger partial charge in [0.2, 0.25) is 0 Å². The molecular weight excluding hydrogens is 200 g/mol. The van der Waals surface area contributed by atoms with E-state index in [-0.39, 0.29) is 0 Å². The number of nitrogens with two attached hydrogens (primary N) is 1. The van der Waals surface area contributed by atoms with Crippen LogP contribution in [0.15, 0.2) is 0 Å². The molecule has 1 aliphatic rings. The van der Waals surface area contributed by atoms with Crippen LogP contribution in [0.4, 0.5) is 5.82 Å². The zero-order valence-corrected chi connectivity index (χ0v) is 10.1. The second-order valence-corrected chi connectivity index (χ2v) is 5.58. The molecule has 16 heavy (non-hydrogen) atoms. The highest BCUT2D eigenvalue weighted by atomic mass is 15.1. The zero-order valence-electron chi connectivity index (χ0n) is 10.1. The molecule has 0 spiro atoms. The molecule has 0 bridgehead atoms. The molecule has 0 amide bonds. The molecule has 4 nitrogen and oxygen atoms in total. The lowest BCUT2D eigenvalue weighted by Crippen LogP contribution is -2.29. The van der Waals surface area contributed by atoms with Gasteiger partial charge in [-0.15, -0.1) is 0 Å². The van der Waals surface area contributed by atoms with Gasteiger partial charge in [-0.05, 0) is 17.8 Å². The summed E-state index contributed by atoms with van der Waals surface area (Å²) in [6.07, 6.45) is 2.02. The molecule has 2 rings (SSSR count). The SMILES string of the molecule is CC(C)(C)C1CCn2c(nc(N)c2C#N)C1. The molecule has 86 valence electrons. The van der Waals surface area contributed by atoms with Crippen molar-refractivity contribution >= 4 is 5.82 Å². The van der Waals surface area contributed by atoms with E-state index in [1.165, 1.54) is 0 Å². The lowest BCUT2D eigenvalue weighted by atomic mass is 9.75. The van der Waals surface area contributed by atoms with E-state index in [1.54, 1.807) is 0 Å². The Morgan fingerprint density at radius 1 is 1.50 bits per heavy atom. The van der Waals surface area contributed by atoms with Crippen molar-refractivity contribution in [1.82, 2.24) is 9.55 Å². The second kappa shape index (κ2) is 3.51. The smallest absolute Gasteiger partial charge is 0.164 e. The number of nitrogens with zero attached hydrogens (tertiary/aromatic N) is 3. The molecule has 0 saturated heterocycles. The Hall–Kier alpha value is -1.50. The molecule has 0 aromatic carbocycles. The maximum atomic E-state index is 9.00. The van der Waals surface area contributed by atoms with Crippen molar-refractivity contribution in [2.45, 2.75) is 40.2 Å². The van der Waals surface area contributed by atoms with E-state index in [4.69, 9.17) is 11.0 Å². The number of hydrogen-bond acceptors (Lipinski definition) is 3. The van der Waals surface area contributed by atoms with Crippen LogP contribution in [0.3, 0.4) is 0 Å². The number of anilines is 1. The maximum absolute atomic E-state index is 9.00. The molecule has 2 heterocycles. The fourth-order valence-corrected chi connectivity index (χ4v) is 2.38. The lowest BCUT2D eigenvalue weighted by molar-refractivity contribution is 0.193. The first-order valence-electron chi connectivity index (χ1n) is 5.68. The summed E-state index contributed by atoms with van der Waals surface area (Å²) in [4.78, 5) is 4.30. The molecule has 2 N–H and O–H groups in total. The Labute approximate surface area is 96.1 Å². The molecule has 1 aromatic rings. The van der Waals surface area contributed by atoms with Crippen LogP contribution in [0.25, 0.3) is 0 Å². The quantitative estimate of drug-likeness (QED) is 0.723. The average Bonchev–Trinajstić information content (AvgIpc) is 2.50. The zero-order chi connectivity index (χ0) is 11.9. The normalized spacial score (nSPS) is 20.2. The second-order valence-electron chi connectivity index (χ2n) is 5.58. The van der Waals surface area contributed by atoms with Gasteiger partial charge in [-0.3, -0.25) is 0 Å². The third-order valence-electron chi connectivity index (χ3n) is 3.53. The first-order chi connectivity index (χ1) is 7.43. The molecule has 0 radical (unpaired) electrons. The molecule has 1 aliphatic heterocycles. The Morgan fingerprint density at radius 2 is 2.19 bits per heavy atom. The van der Waals surface area contributed by atoms with Gasteiger partial charge in [-0.25, -0.2) is 4.98 Å². The first kappa shape index (κ1) is 11.0. The third kappa shape index (κ3) is 1.67. The number of fused-ring (bicyclic) bond motifs is 1. The van der Waals surface area contributed by atoms with Crippen molar-refractivity contribution < 1.29 is 0 Å². The fourth-order valence-electron chi connectivity index (χ4n) is 2.38. The van der Waals surface area contributed by atoms with Gasteiger partial charge in [0.05, 0.1) is 0 Å². The Balaban J connectivity index is 2.33. The van der Waals surface area contributed by atoms with Gasteiger partial charge in [0.15, 0.2) is 11.5 Å². The van der Waals surface area contributed by atoms with Gasteiger partial charge < -0.3 is 10.3 Å². The standard InChI is InChI=1S/C12H18N4/c1-12(2,3)8-4-5-16-9(7-13)11(14)15-10(16)6-8/h8H,4-6,14H2,1-3H3. The van der Waals surface area contributed by atoms with Crippen LogP contribution in [-0.4, -0.2) is 9.55 Å². The molecule has 0 aliphatic carbocycles. The van der Waals surface area contributed by atoms with Crippen molar-refractivity contribution in [2.75, 3.05) is 5.73 Å². The van der Waals surface area contributed by atoms with Gasteiger partial charge in [-0.1, -0.05) is 20.8 Å². The summed E-state index contributed by atoms with van der Waals surface area (Å²) in [5.74, 6) is 1.97. The van der Waals surface area contributed by atoms with Crippen LogP contribution < -0.4 is 5.73 Å². The summed E-state index contributed by atoms with van der Waals surface area (Å²) in [5, 5.41) is 9.00. The topological polar surface area (TPSA) is 67.6 Å². The van der Waals surface area contributed by atoms with Crippen LogP contribution in [0.5, 0.6) is 0 Å². The highest BCUT2D eigenvalue weighted by Crippen LogP contribution is 2.35. The number of hydrogen-bond donors (Lipinski definition) is 1. The van der Waals surface area contributed by atoms with E-state index < -0.39 is 0 Å². The largest absolute Gasteiger partial charge is 0.381 e. The summed E-state index contributed by atoms with van der Waals surface area (Å²) in [6, 6.07) is 2.13. The van der Waals surface area contributed by atoms with E-state index >= 15 is 0 Å². The van der Waals surface area contributed by atoms with Crippen molar-refractivity contribution in [1.29, 1.82) is 5.26 Å². The predicted octanol–water partition coefficient (Wildman–Crippen LogP) is 1.95. The highest BCUT2D eigenvalue weighted by molar-refractivity contribution is 5.46. The third-order valence-corrected chi connectivity index (χ3v) is 3.53. The van der Waals surface area contributed by atoms with Crippen molar-refractivity contribution in [3.05, 3.63) is 11.5 Å². The summed E-state index contributed by atoms with van der Waals surface area (Å²) >= 11 is 0. The molecule has 1 atom stereocenters. The summed E-state index contributed by atoms with van der Waals surface area (Å²) in [5.41, 5.74) is 6.55. The monoisotopic (exact) mass is 218 g/mol. The number of rotatable bonds is 0. The number of aromatic nitrogens is 2. The van der Waals surface area contributed by atoms with Crippen LogP contribution in [-0.2, 0) is 13.0 Å². The minimum atomic E-state index is 0.290. The van der Waals surface area contributed by atoms with Crippen molar-refractivity contribution in [3.63, 3.8) is 0 Å². The molecule has 0 saturated carbocycles. The fraction of sp³-hybridized carbons (Fsp3) is 0.667. The number of imidazole rings is 1. The predicted molar refractivity (Wildman–Crippen MR) is 62.6 cm³/mol. The van der Waals surface area contributed by atoms with Gasteiger partial charge in [0, 0.05) is 13.0 Å². The molecule has 0 fully saturated rings. The average molecular weight is 218 g/mol. The van der Waals surface area contributed by atoms with Gasteiger partial charge in [-0.2, -0.15) is 5.26 Å². The summed E-state index contributed by atoms with van der Waals surface area (Å²) < 4.78 is 1.97. The van der Waals surface area contributed by atoms with E-state index in [0.29, 0.717) is 22.8 Å². The maximum Gasteiger partial charge on any atom is 0.164 e. The summed E-state index contributed by atoms with van der Waals surface area (Å²) in [7, 11) is 0. The van der Waals surface area contributed by atoms with E-state index in [0.717, 1.165) is 25.2 Å². The van der Waals surface area contributed by atoms with E-state index in [1.807, 2.05) is 4.57 Å². The Bertz CT molecular complexity index is 445. The minimum absolute atomic E-state index is 0.290. The van der Waals surface area contributed by atoms with Crippen molar-refractivity contribution in [3.8, 4) is 6.07 Å². The van der Waals surface area contributed by atoms with Crippen LogP contribution in [0.1, 0.15) is 38.7 Å². The minimum Gasteiger partial charge on any atom is -0.381 e. The van der Waals surface area contributed by atoms with E-state index in [9.17, 15) is 0 Å². The van der Waals surface area contributed by atoms with Crippen molar-refractivity contribution in [2.24, 2.45) is 11.3 Å². The molecular formula is C12H18N4. The van der Waals surface area contributed by atoms with Gasteiger partial charge in [0.25, 0.3) is 0 Å².